The van der Waals surface area contributed by atoms with Crippen LogP contribution in [0.4, 0.5) is 8.78 Å². The van der Waals surface area contributed by atoms with Crippen molar-refractivity contribution in [3.63, 3.8) is 0 Å². The molecule has 0 N–H and O–H groups in total. The SMILES string of the molecule is COCCCS(=O)(=O)CC(=O)c1c(F)cccc1F. The zero-order valence-corrected chi connectivity index (χ0v) is 11.2. The molecular formula is C12H14F2O4S. The number of Topliss-reactive ketones (excluding diaryl/α,β-unsaturated/α-hetero) is 1. The van der Waals surface area contributed by atoms with Crippen molar-refractivity contribution in [1.82, 2.24) is 0 Å². The summed E-state index contributed by atoms with van der Waals surface area (Å²) in [6, 6.07) is 2.93. The molecule has 0 saturated carbocycles. The van der Waals surface area contributed by atoms with Gasteiger partial charge >= 0.3 is 0 Å². The van der Waals surface area contributed by atoms with E-state index in [1.165, 1.54) is 7.11 Å². The molecule has 0 fully saturated rings. The third-order valence-electron chi connectivity index (χ3n) is 2.40. The molecule has 106 valence electrons. The molecule has 7 heteroatoms. The Hall–Kier alpha value is -1.34. The summed E-state index contributed by atoms with van der Waals surface area (Å²) in [5.74, 6) is -4.36. The van der Waals surface area contributed by atoms with E-state index in [4.69, 9.17) is 4.74 Å². The highest BCUT2D eigenvalue weighted by Crippen LogP contribution is 2.14. The van der Waals surface area contributed by atoms with Crippen LogP contribution in [0.2, 0.25) is 0 Å². The molecular weight excluding hydrogens is 278 g/mol. The summed E-state index contributed by atoms with van der Waals surface area (Å²) in [7, 11) is -2.27. The van der Waals surface area contributed by atoms with Crippen molar-refractivity contribution in [3.8, 4) is 0 Å². The molecule has 0 radical (unpaired) electrons. The van der Waals surface area contributed by atoms with Crippen LogP contribution in [0.1, 0.15) is 16.8 Å². The van der Waals surface area contributed by atoms with Crippen LogP contribution in [0.3, 0.4) is 0 Å². The van der Waals surface area contributed by atoms with E-state index in [0.717, 1.165) is 18.2 Å². The maximum Gasteiger partial charge on any atom is 0.183 e. The number of halogens is 2. The molecule has 0 spiro atoms. The van der Waals surface area contributed by atoms with Crippen molar-refractivity contribution >= 4 is 15.6 Å². The topological polar surface area (TPSA) is 60.4 Å². The number of ether oxygens (including phenoxy) is 1. The highest BCUT2D eigenvalue weighted by atomic mass is 32.2. The van der Waals surface area contributed by atoms with Crippen molar-refractivity contribution in [2.45, 2.75) is 6.42 Å². The lowest BCUT2D eigenvalue weighted by Gasteiger charge is -2.05. The van der Waals surface area contributed by atoms with Crippen molar-refractivity contribution in [3.05, 3.63) is 35.4 Å². The number of ketones is 1. The van der Waals surface area contributed by atoms with E-state index in [0.29, 0.717) is 0 Å². The molecule has 0 bridgehead atoms. The van der Waals surface area contributed by atoms with Crippen LogP contribution in [0.5, 0.6) is 0 Å². The molecule has 0 aliphatic rings. The number of carbonyl (C=O) groups excluding carboxylic acids is 1. The van der Waals surface area contributed by atoms with E-state index in [9.17, 15) is 22.0 Å². The van der Waals surface area contributed by atoms with Crippen molar-refractivity contribution in [2.75, 3.05) is 25.2 Å². The van der Waals surface area contributed by atoms with Crippen LogP contribution in [-0.2, 0) is 14.6 Å². The fraction of sp³-hybridized carbons (Fsp3) is 0.417. The van der Waals surface area contributed by atoms with Crippen LogP contribution in [0, 0.1) is 11.6 Å². The Kier molecular flexibility index (Phi) is 5.56. The smallest absolute Gasteiger partial charge is 0.183 e. The number of carbonyl (C=O) groups is 1. The Morgan fingerprint density at radius 1 is 1.26 bits per heavy atom. The first-order chi connectivity index (χ1) is 8.87. The van der Waals surface area contributed by atoms with Gasteiger partial charge in [-0.2, -0.15) is 0 Å². The molecule has 0 unspecified atom stereocenters. The number of sulfone groups is 1. The maximum atomic E-state index is 13.3. The zero-order chi connectivity index (χ0) is 14.5. The third kappa shape index (κ3) is 4.68. The van der Waals surface area contributed by atoms with Crippen molar-refractivity contribution in [1.29, 1.82) is 0 Å². The fourth-order valence-corrected chi connectivity index (χ4v) is 2.78. The van der Waals surface area contributed by atoms with Gasteiger partial charge in [0, 0.05) is 13.7 Å². The first-order valence-electron chi connectivity index (χ1n) is 5.54. The van der Waals surface area contributed by atoms with Crippen LogP contribution in [-0.4, -0.2) is 39.4 Å². The number of hydrogen-bond acceptors (Lipinski definition) is 4. The summed E-state index contributed by atoms with van der Waals surface area (Å²) in [6.07, 6.45) is 0.228. The molecule has 1 aromatic rings. The minimum Gasteiger partial charge on any atom is -0.385 e. The number of benzene rings is 1. The number of methoxy groups -OCH3 is 1. The van der Waals surface area contributed by atoms with Gasteiger partial charge in [0.15, 0.2) is 15.6 Å². The summed E-state index contributed by atoms with van der Waals surface area (Å²) >= 11 is 0. The van der Waals surface area contributed by atoms with Gasteiger partial charge < -0.3 is 4.74 Å². The third-order valence-corrected chi connectivity index (χ3v) is 4.01. The lowest BCUT2D eigenvalue weighted by molar-refractivity contribution is 0.101. The van der Waals surface area contributed by atoms with Gasteiger partial charge in [-0.1, -0.05) is 6.07 Å². The van der Waals surface area contributed by atoms with E-state index >= 15 is 0 Å². The molecule has 0 saturated heterocycles. The van der Waals surface area contributed by atoms with E-state index in [2.05, 4.69) is 0 Å². The molecule has 4 nitrogen and oxygen atoms in total. The molecule has 0 aliphatic heterocycles. The Bertz CT molecular complexity index is 535. The van der Waals surface area contributed by atoms with Gasteiger partial charge in [0.2, 0.25) is 0 Å². The van der Waals surface area contributed by atoms with Gasteiger partial charge in [-0.3, -0.25) is 4.79 Å². The quantitative estimate of drug-likeness (QED) is 0.566. The second-order valence-electron chi connectivity index (χ2n) is 3.96. The predicted octanol–water partition coefficient (Wildman–Crippen LogP) is 1.60. The summed E-state index contributed by atoms with van der Waals surface area (Å²) < 4.78 is 54.5. The summed E-state index contributed by atoms with van der Waals surface area (Å²) in [6.45, 7) is 0.238. The molecule has 19 heavy (non-hydrogen) atoms. The molecule has 0 aromatic heterocycles. The van der Waals surface area contributed by atoms with E-state index in [1.807, 2.05) is 0 Å². The molecule has 0 atom stereocenters. The lowest BCUT2D eigenvalue weighted by atomic mass is 10.1. The summed E-state index contributed by atoms with van der Waals surface area (Å²) in [4.78, 5) is 11.6. The standard InChI is InChI=1S/C12H14F2O4S/c1-18-6-3-7-19(16,17)8-11(15)12-9(13)4-2-5-10(12)14/h2,4-5H,3,6-8H2,1H3. The van der Waals surface area contributed by atoms with Gasteiger partial charge in [-0.25, -0.2) is 17.2 Å². The van der Waals surface area contributed by atoms with Crippen LogP contribution >= 0.6 is 0 Å². The highest BCUT2D eigenvalue weighted by molar-refractivity contribution is 7.92. The average Bonchev–Trinajstić information content (AvgIpc) is 2.28. The summed E-state index contributed by atoms with van der Waals surface area (Å²) in [5, 5.41) is 0. The van der Waals surface area contributed by atoms with Crippen LogP contribution < -0.4 is 0 Å². The first kappa shape index (κ1) is 15.7. The molecule has 0 heterocycles. The van der Waals surface area contributed by atoms with Gasteiger partial charge in [-0.15, -0.1) is 0 Å². The number of hydrogen-bond donors (Lipinski definition) is 0. The van der Waals surface area contributed by atoms with E-state index in [-0.39, 0.29) is 18.8 Å². The van der Waals surface area contributed by atoms with Gasteiger partial charge in [0.05, 0.1) is 11.3 Å². The second-order valence-corrected chi connectivity index (χ2v) is 6.14. The Morgan fingerprint density at radius 3 is 2.37 bits per heavy atom. The lowest BCUT2D eigenvalue weighted by Crippen LogP contribution is -2.21. The highest BCUT2D eigenvalue weighted by Gasteiger charge is 2.23. The first-order valence-corrected chi connectivity index (χ1v) is 7.36. The number of rotatable bonds is 7. The van der Waals surface area contributed by atoms with E-state index < -0.39 is 38.6 Å². The van der Waals surface area contributed by atoms with Crippen LogP contribution in [0.15, 0.2) is 18.2 Å². The molecule has 0 aliphatic carbocycles. The fourth-order valence-electron chi connectivity index (χ4n) is 1.53. The second kappa shape index (κ2) is 6.72. The van der Waals surface area contributed by atoms with Gasteiger partial charge in [-0.05, 0) is 18.6 Å². The monoisotopic (exact) mass is 292 g/mol. The molecule has 1 aromatic carbocycles. The average molecular weight is 292 g/mol. The largest absolute Gasteiger partial charge is 0.385 e. The van der Waals surface area contributed by atoms with E-state index in [1.54, 1.807) is 0 Å². The molecule has 1 rings (SSSR count). The Balaban J connectivity index is 2.80. The Labute approximate surface area is 110 Å². The minimum absolute atomic E-state index is 0.228. The van der Waals surface area contributed by atoms with Gasteiger partial charge in [0.1, 0.15) is 17.4 Å². The van der Waals surface area contributed by atoms with Crippen molar-refractivity contribution in [2.24, 2.45) is 0 Å². The molecule has 0 amide bonds. The normalized spacial score (nSPS) is 11.5. The van der Waals surface area contributed by atoms with Crippen molar-refractivity contribution < 1.29 is 26.7 Å². The maximum absolute atomic E-state index is 13.3. The Morgan fingerprint density at radius 2 is 1.84 bits per heavy atom. The predicted molar refractivity (Wildman–Crippen MR) is 65.8 cm³/mol. The minimum atomic E-state index is -3.70. The zero-order valence-electron chi connectivity index (χ0n) is 10.4. The van der Waals surface area contributed by atoms with Gasteiger partial charge in [0.25, 0.3) is 0 Å². The van der Waals surface area contributed by atoms with Crippen LogP contribution in [0.25, 0.3) is 0 Å². The summed E-state index contributed by atoms with van der Waals surface area (Å²) in [5.41, 5.74) is -0.808.